The third-order valence-electron chi connectivity index (χ3n) is 3.67. The normalized spacial score (nSPS) is 10.5. The highest BCUT2D eigenvalue weighted by Crippen LogP contribution is 2.28. The van der Waals surface area contributed by atoms with Crippen molar-refractivity contribution in [3.8, 4) is 5.75 Å². The van der Waals surface area contributed by atoms with E-state index in [1.807, 2.05) is 0 Å². The number of halogens is 1. The van der Waals surface area contributed by atoms with E-state index in [9.17, 15) is 14.9 Å². The largest absolute Gasteiger partial charge is 0.470 e. The molecule has 0 atom stereocenters. The van der Waals surface area contributed by atoms with Gasteiger partial charge in [0.25, 0.3) is 11.6 Å². The Bertz CT molecular complexity index is 763. The van der Waals surface area contributed by atoms with Crippen LogP contribution < -0.4 is 10.1 Å². The number of nitrogens with one attached hydrogen (secondary N) is 1. The van der Waals surface area contributed by atoms with Crippen molar-refractivity contribution in [1.29, 1.82) is 0 Å². The van der Waals surface area contributed by atoms with E-state index < -0.39 is 4.92 Å². The minimum atomic E-state index is -0.531. The van der Waals surface area contributed by atoms with Gasteiger partial charge in [0, 0.05) is 24.9 Å². The summed E-state index contributed by atoms with van der Waals surface area (Å²) in [5.74, 6) is 0.0725. The van der Waals surface area contributed by atoms with E-state index in [0.29, 0.717) is 18.0 Å². The second-order valence-corrected chi connectivity index (χ2v) is 6.11. The fraction of sp³-hybridized carbons (Fsp3) is 0.412. The summed E-state index contributed by atoms with van der Waals surface area (Å²) in [5, 5.41) is 17.8. The Hall–Kier alpha value is -2.61. The van der Waals surface area contributed by atoms with E-state index in [1.54, 1.807) is 12.3 Å². The summed E-state index contributed by atoms with van der Waals surface area (Å²) < 4.78 is 6.94. The van der Waals surface area contributed by atoms with Crippen molar-refractivity contribution >= 4 is 23.2 Å². The van der Waals surface area contributed by atoms with Crippen molar-refractivity contribution in [2.45, 2.75) is 39.3 Å². The zero-order valence-corrected chi connectivity index (χ0v) is 15.2. The van der Waals surface area contributed by atoms with Crippen molar-refractivity contribution < 1.29 is 14.5 Å². The highest BCUT2D eigenvalue weighted by atomic mass is 35.5. The summed E-state index contributed by atoms with van der Waals surface area (Å²) >= 11 is 5.97. The molecule has 0 aliphatic carbocycles. The number of hydrogen-bond donors (Lipinski definition) is 1. The number of carbonyl (C=O) groups excluding carboxylic acids is 1. The minimum Gasteiger partial charge on any atom is -0.470 e. The molecule has 0 saturated carbocycles. The molecule has 140 valence electrons. The quantitative estimate of drug-likeness (QED) is 0.384. The van der Waals surface area contributed by atoms with Crippen molar-refractivity contribution in [3.05, 3.63) is 51.3 Å². The van der Waals surface area contributed by atoms with Crippen LogP contribution in [0, 0.1) is 10.1 Å². The predicted molar refractivity (Wildman–Crippen MR) is 97.4 cm³/mol. The number of hydrogen-bond acceptors (Lipinski definition) is 5. The SMILES string of the molecule is CCCCCCNC(=O)c1ccn(COc2ccc([N+](=O)[O-])cc2Cl)n1. The number of non-ortho nitro benzene ring substituents is 1. The molecule has 0 spiro atoms. The number of benzene rings is 1. The van der Waals surface area contributed by atoms with Gasteiger partial charge in [-0.25, -0.2) is 4.68 Å². The standard InChI is InChI=1S/C17H21ClN4O4/c1-2-3-4-5-9-19-17(23)15-8-10-21(20-15)12-26-16-7-6-13(22(24)25)11-14(16)18/h6-8,10-11H,2-5,9,12H2,1H3,(H,19,23). The fourth-order valence-electron chi connectivity index (χ4n) is 2.25. The van der Waals surface area contributed by atoms with E-state index >= 15 is 0 Å². The highest BCUT2D eigenvalue weighted by Gasteiger charge is 2.12. The van der Waals surface area contributed by atoms with Crippen molar-refractivity contribution in [3.63, 3.8) is 0 Å². The molecule has 0 unspecified atom stereocenters. The molecular formula is C17H21ClN4O4. The molecule has 2 aromatic rings. The monoisotopic (exact) mass is 380 g/mol. The van der Waals surface area contributed by atoms with Crippen molar-refractivity contribution in [2.24, 2.45) is 0 Å². The van der Waals surface area contributed by atoms with Crippen LogP contribution in [0.2, 0.25) is 5.02 Å². The van der Waals surface area contributed by atoms with Crippen LogP contribution in [0.1, 0.15) is 43.1 Å². The molecule has 26 heavy (non-hydrogen) atoms. The van der Waals surface area contributed by atoms with Crippen molar-refractivity contribution in [1.82, 2.24) is 15.1 Å². The van der Waals surface area contributed by atoms with Crippen LogP contribution in [0.25, 0.3) is 0 Å². The number of carbonyl (C=O) groups is 1. The average molecular weight is 381 g/mol. The molecule has 0 aliphatic heterocycles. The molecular weight excluding hydrogens is 360 g/mol. The molecule has 0 aliphatic rings. The van der Waals surface area contributed by atoms with Gasteiger partial charge in [-0.1, -0.05) is 37.8 Å². The van der Waals surface area contributed by atoms with Gasteiger partial charge in [-0.2, -0.15) is 5.10 Å². The maximum atomic E-state index is 12.0. The van der Waals surface area contributed by atoms with Crippen LogP contribution in [-0.4, -0.2) is 27.2 Å². The first-order valence-electron chi connectivity index (χ1n) is 8.39. The summed E-state index contributed by atoms with van der Waals surface area (Å²) in [5.41, 5.74) is 0.193. The second kappa shape index (κ2) is 9.76. The van der Waals surface area contributed by atoms with Crippen LogP contribution in [0.3, 0.4) is 0 Å². The van der Waals surface area contributed by atoms with Crippen LogP contribution in [0.15, 0.2) is 30.5 Å². The van der Waals surface area contributed by atoms with Gasteiger partial charge < -0.3 is 10.1 Å². The van der Waals surface area contributed by atoms with Crippen LogP contribution in [0.4, 0.5) is 5.69 Å². The van der Waals surface area contributed by atoms with Crippen LogP contribution >= 0.6 is 11.6 Å². The molecule has 1 aromatic heterocycles. The number of amides is 1. The first kappa shape index (κ1) is 19.7. The summed E-state index contributed by atoms with van der Waals surface area (Å²) in [6.07, 6.45) is 5.96. The molecule has 8 nitrogen and oxygen atoms in total. The number of nitro benzene ring substituents is 1. The number of rotatable bonds is 10. The zero-order chi connectivity index (χ0) is 18.9. The van der Waals surface area contributed by atoms with E-state index in [4.69, 9.17) is 16.3 Å². The molecule has 0 radical (unpaired) electrons. The molecule has 1 heterocycles. The number of unbranched alkanes of at least 4 members (excludes halogenated alkanes) is 3. The van der Waals surface area contributed by atoms with Crippen LogP contribution in [0.5, 0.6) is 5.75 Å². The lowest BCUT2D eigenvalue weighted by molar-refractivity contribution is -0.384. The first-order valence-corrected chi connectivity index (χ1v) is 8.77. The van der Waals surface area contributed by atoms with Gasteiger partial charge in [0.1, 0.15) is 11.4 Å². The first-order chi connectivity index (χ1) is 12.5. The third-order valence-corrected chi connectivity index (χ3v) is 3.96. The van der Waals surface area contributed by atoms with Gasteiger partial charge in [0.2, 0.25) is 0 Å². The number of ether oxygens (including phenoxy) is 1. The Labute approximate surface area is 156 Å². The molecule has 1 aromatic carbocycles. The summed E-state index contributed by atoms with van der Waals surface area (Å²) in [6, 6.07) is 5.55. The molecule has 9 heteroatoms. The Balaban J connectivity index is 1.84. The Morgan fingerprint density at radius 2 is 2.15 bits per heavy atom. The maximum Gasteiger partial charge on any atom is 0.271 e. The van der Waals surface area contributed by atoms with Gasteiger partial charge in [-0.05, 0) is 18.6 Å². The third kappa shape index (κ3) is 5.73. The van der Waals surface area contributed by atoms with E-state index in [2.05, 4.69) is 17.3 Å². The van der Waals surface area contributed by atoms with Gasteiger partial charge in [0.05, 0.1) is 9.95 Å². The average Bonchev–Trinajstić information content (AvgIpc) is 3.09. The second-order valence-electron chi connectivity index (χ2n) is 5.70. The molecule has 0 fully saturated rings. The maximum absolute atomic E-state index is 12.0. The fourth-order valence-corrected chi connectivity index (χ4v) is 2.48. The molecule has 2 rings (SSSR count). The van der Waals surface area contributed by atoms with Gasteiger partial charge in [-0.3, -0.25) is 14.9 Å². The van der Waals surface area contributed by atoms with Crippen molar-refractivity contribution in [2.75, 3.05) is 6.54 Å². The van der Waals surface area contributed by atoms with Gasteiger partial charge >= 0.3 is 0 Å². The molecule has 1 amide bonds. The van der Waals surface area contributed by atoms with Gasteiger partial charge in [0.15, 0.2) is 6.73 Å². The van der Waals surface area contributed by atoms with Gasteiger partial charge in [-0.15, -0.1) is 0 Å². The summed E-state index contributed by atoms with van der Waals surface area (Å²) in [4.78, 5) is 22.2. The topological polar surface area (TPSA) is 99.3 Å². The molecule has 0 bridgehead atoms. The van der Waals surface area contributed by atoms with Crippen LogP contribution in [-0.2, 0) is 6.73 Å². The molecule has 0 saturated heterocycles. The van der Waals surface area contributed by atoms with E-state index in [1.165, 1.54) is 22.9 Å². The highest BCUT2D eigenvalue weighted by molar-refractivity contribution is 6.32. The summed E-state index contributed by atoms with van der Waals surface area (Å²) in [6.45, 7) is 2.79. The van der Waals surface area contributed by atoms with E-state index in [0.717, 1.165) is 25.7 Å². The lowest BCUT2D eigenvalue weighted by Crippen LogP contribution is -2.25. The predicted octanol–water partition coefficient (Wildman–Crippen LogP) is 3.79. The lowest BCUT2D eigenvalue weighted by atomic mass is 10.2. The Morgan fingerprint density at radius 3 is 2.85 bits per heavy atom. The smallest absolute Gasteiger partial charge is 0.271 e. The number of aromatic nitrogens is 2. The Kier molecular flexibility index (Phi) is 7.40. The zero-order valence-electron chi connectivity index (χ0n) is 14.5. The number of nitrogens with zero attached hydrogens (tertiary/aromatic N) is 3. The molecule has 1 N–H and O–H groups in total. The van der Waals surface area contributed by atoms with E-state index in [-0.39, 0.29) is 23.3 Å². The Morgan fingerprint density at radius 1 is 1.35 bits per heavy atom. The summed E-state index contributed by atoms with van der Waals surface area (Å²) in [7, 11) is 0. The lowest BCUT2D eigenvalue weighted by Gasteiger charge is -2.07. The minimum absolute atomic E-state index is 0.0291. The number of nitro groups is 1.